The molecule has 0 radical (unpaired) electrons. The summed E-state index contributed by atoms with van der Waals surface area (Å²) >= 11 is 11.9. The molecule has 1 unspecified atom stereocenters. The molecule has 33 heavy (non-hydrogen) atoms. The van der Waals surface area contributed by atoms with E-state index in [9.17, 15) is 31.5 Å². The summed E-state index contributed by atoms with van der Waals surface area (Å²) in [5.41, 5.74) is -2.31. The summed E-state index contributed by atoms with van der Waals surface area (Å²) in [4.78, 5) is 14.4. The van der Waals surface area contributed by atoms with E-state index in [1.807, 2.05) is 0 Å². The molecule has 2 N–H and O–H groups in total. The third-order valence-corrected chi connectivity index (χ3v) is 7.11. The second kappa shape index (κ2) is 8.41. The van der Waals surface area contributed by atoms with Crippen LogP contribution in [0, 0.1) is 5.41 Å². The predicted octanol–water partition coefficient (Wildman–Crippen LogP) is 6.19. The number of hydrogen-bond donors (Lipinski definition) is 2. The van der Waals surface area contributed by atoms with Gasteiger partial charge in [-0.25, -0.2) is 13.2 Å². The average molecular weight is 523 g/mol. The van der Waals surface area contributed by atoms with Gasteiger partial charge in [-0.3, -0.25) is 4.31 Å². The number of alkyl halides is 3. The number of rotatable bonds is 5. The lowest BCUT2D eigenvalue weighted by molar-refractivity contribution is -0.140. The molecule has 0 bridgehead atoms. The standard InChI is InChI=1S/C21H19Cl2F3N2O4S/c1-20(2,3)18(19(29)30)28(33(31,32)14-7-11(22)6-12(23)8-14)13-4-5-17-15(9-13)16(10-27-17)21(24,25)26/h4-10,18,27H,1-3H3,(H,29,30). The number of nitrogens with one attached hydrogen (secondary N) is 1. The number of carbonyl (C=O) groups is 1. The van der Waals surface area contributed by atoms with Crippen LogP contribution in [0.15, 0.2) is 47.5 Å². The fourth-order valence-corrected chi connectivity index (χ4v) is 6.03. The van der Waals surface area contributed by atoms with Gasteiger partial charge in [0.2, 0.25) is 0 Å². The zero-order chi connectivity index (χ0) is 24.9. The monoisotopic (exact) mass is 522 g/mol. The minimum Gasteiger partial charge on any atom is -0.480 e. The summed E-state index contributed by atoms with van der Waals surface area (Å²) in [7, 11) is -4.63. The highest BCUT2D eigenvalue weighted by Gasteiger charge is 2.44. The smallest absolute Gasteiger partial charge is 0.418 e. The van der Waals surface area contributed by atoms with Crippen molar-refractivity contribution in [1.29, 1.82) is 0 Å². The third-order valence-electron chi connectivity index (χ3n) is 4.91. The number of aromatic nitrogens is 1. The number of H-pyrrole nitrogens is 1. The molecule has 3 rings (SSSR count). The van der Waals surface area contributed by atoms with Crippen molar-refractivity contribution in [3.63, 3.8) is 0 Å². The van der Waals surface area contributed by atoms with Crippen molar-refractivity contribution in [2.45, 2.75) is 37.9 Å². The van der Waals surface area contributed by atoms with Crippen molar-refractivity contribution in [2.24, 2.45) is 5.41 Å². The molecule has 1 atom stereocenters. The largest absolute Gasteiger partial charge is 0.480 e. The zero-order valence-corrected chi connectivity index (χ0v) is 19.9. The zero-order valence-electron chi connectivity index (χ0n) is 17.5. The Balaban J connectivity index is 2.36. The molecule has 0 spiro atoms. The Bertz CT molecular complexity index is 1310. The van der Waals surface area contributed by atoms with Crippen LogP contribution in [0.3, 0.4) is 0 Å². The Kier molecular flexibility index (Phi) is 6.42. The Morgan fingerprint density at radius 2 is 1.64 bits per heavy atom. The average Bonchev–Trinajstić information content (AvgIpc) is 3.07. The number of halogens is 5. The van der Waals surface area contributed by atoms with E-state index in [-0.39, 0.29) is 26.6 Å². The minimum absolute atomic E-state index is 0.0101. The highest BCUT2D eigenvalue weighted by Crippen LogP contribution is 2.40. The first-order valence-electron chi connectivity index (χ1n) is 9.45. The van der Waals surface area contributed by atoms with E-state index in [4.69, 9.17) is 23.2 Å². The van der Waals surface area contributed by atoms with Gasteiger partial charge in [0, 0.05) is 27.1 Å². The molecule has 0 saturated carbocycles. The van der Waals surface area contributed by atoms with E-state index in [2.05, 4.69) is 4.98 Å². The number of anilines is 1. The van der Waals surface area contributed by atoms with Crippen LogP contribution in [0.5, 0.6) is 0 Å². The highest BCUT2D eigenvalue weighted by molar-refractivity contribution is 7.93. The van der Waals surface area contributed by atoms with Crippen LogP contribution in [-0.4, -0.2) is 30.5 Å². The van der Waals surface area contributed by atoms with Crippen molar-refractivity contribution < 1.29 is 31.5 Å². The lowest BCUT2D eigenvalue weighted by atomic mass is 9.86. The first-order chi connectivity index (χ1) is 15.0. The fraction of sp³-hybridized carbons (Fsp3) is 0.286. The number of sulfonamides is 1. The van der Waals surface area contributed by atoms with E-state index in [1.165, 1.54) is 39.0 Å². The number of carboxylic acids is 1. The molecular formula is C21H19Cl2F3N2O4S. The van der Waals surface area contributed by atoms with Gasteiger partial charge in [0.15, 0.2) is 0 Å². The third kappa shape index (κ3) is 4.92. The molecule has 178 valence electrons. The molecule has 0 aliphatic carbocycles. The first kappa shape index (κ1) is 25.2. The molecule has 0 aliphatic heterocycles. The maximum atomic E-state index is 13.7. The van der Waals surface area contributed by atoms with Crippen molar-refractivity contribution in [2.75, 3.05) is 4.31 Å². The molecule has 1 aromatic heterocycles. The molecule has 6 nitrogen and oxygen atoms in total. The number of nitrogens with zero attached hydrogens (tertiary/aromatic N) is 1. The van der Waals surface area contributed by atoms with Crippen molar-refractivity contribution in [3.8, 4) is 0 Å². The Labute approximate surface area is 198 Å². The maximum Gasteiger partial charge on any atom is 0.418 e. The minimum atomic E-state index is -4.71. The van der Waals surface area contributed by atoms with Crippen LogP contribution in [0.1, 0.15) is 26.3 Å². The number of aliphatic carboxylic acids is 1. The number of fused-ring (bicyclic) bond motifs is 1. The quantitative estimate of drug-likeness (QED) is 0.418. The summed E-state index contributed by atoms with van der Waals surface area (Å²) in [5.74, 6) is -1.48. The van der Waals surface area contributed by atoms with Gasteiger partial charge in [0.1, 0.15) is 6.04 Å². The van der Waals surface area contributed by atoms with Crippen LogP contribution in [-0.2, 0) is 21.0 Å². The SMILES string of the molecule is CC(C)(C)C(C(=O)O)N(c1ccc2[nH]cc(C(F)(F)F)c2c1)S(=O)(=O)c1cc(Cl)cc(Cl)c1. The molecular weight excluding hydrogens is 504 g/mol. The number of carboxylic acid groups (broad SMARTS) is 1. The highest BCUT2D eigenvalue weighted by atomic mass is 35.5. The lowest BCUT2D eigenvalue weighted by Crippen LogP contribution is -2.52. The van der Waals surface area contributed by atoms with E-state index in [0.29, 0.717) is 4.31 Å². The van der Waals surface area contributed by atoms with Crippen LogP contribution in [0.4, 0.5) is 18.9 Å². The van der Waals surface area contributed by atoms with Crippen LogP contribution in [0.2, 0.25) is 10.0 Å². The van der Waals surface area contributed by atoms with E-state index < -0.39 is 44.1 Å². The van der Waals surface area contributed by atoms with Crippen LogP contribution >= 0.6 is 23.2 Å². The van der Waals surface area contributed by atoms with Crippen molar-refractivity contribution >= 4 is 55.8 Å². The summed E-state index contributed by atoms with van der Waals surface area (Å²) in [5, 5.41) is 9.65. The summed E-state index contributed by atoms with van der Waals surface area (Å²) in [6.07, 6.45) is -3.94. The van der Waals surface area contributed by atoms with E-state index >= 15 is 0 Å². The topological polar surface area (TPSA) is 90.5 Å². The van der Waals surface area contributed by atoms with Crippen LogP contribution in [0.25, 0.3) is 10.9 Å². The molecule has 0 aliphatic rings. The summed E-state index contributed by atoms with van der Waals surface area (Å²) in [6, 6.07) is 5.30. The summed E-state index contributed by atoms with van der Waals surface area (Å²) < 4.78 is 68.4. The molecule has 0 amide bonds. The second-order valence-electron chi connectivity index (χ2n) is 8.44. The van der Waals surface area contributed by atoms with Gasteiger partial charge < -0.3 is 10.1 Å². The number of hydrogen-bond acceptors (Lipinski definition) is 3. The van der Waals surface area contributed by atoms with Gasteiger partial charge >= 0.3 is 12.1 Å². The fourth-order valence-electron chi connectivity index (χ4n) is 3.52. The molecule has 0 saturated heterocycles. The van der Waals surface area contributed by atoms with Crippen molar-refractivity contribution in [3.05, 3.63) is 58.2 Å². The van der Waals surface area contributed by atoms with Gasteiger partial charge in [-0.2, -0.15) is 13.2 Å². The van der Waals surface area contributed by atoms with Gasteiger partial charge in [0.05, 0.1) is 16.1 Å². The lowest BCUT2D eigenvalue weighted by Gasteiger charge is -2.37. The molecule has 0 fully saturated rings. The summed E-state index contributed by atoms with van der Waals surface area (Å²) in [6.45, 7) is 4.53. The number of benzene rings is 2. The molecule has 12 heteroatoms. The Hall–Kier alpha value is -2.43. The van der Waals surface area contributed by atoms with Gasteiger partial charge in [-0.05, 0) is 41.8 Å². The maximum absolute atomic E-state index is 13.7. The van der Waals surface area contributed by atoms with E-state index in [1.54, 1.807) is 0 Å². The van der Waals surface area contributed by atoms with Gasteiger partial charge in [-0.15, -0.1) is 0 Å². The van der Waals surface area contributed by atoms with Crippen molar-refractivity contribution in [1.82, 2.24) is 4.98 Å². The van der Waals surface area contributed by atoms with Crippen LogP contribution < -0.4 is 4.31 Å². The second-order valence-corrected chi connectivity index (χ2v) is 11.1. The van der Waals surface area contributed by atoms with Gasteiger partial charge in [-0.1, -0.05) is 44.0 Å². The Morgan fingerprint density at radius 1 is 1.06 bits per heavy atom. The number of aromatic amines is 1. The first-order valence-corrected chi connectivity index (χ1v) is 11.6. The molecule has 2 aromatic carbocycles. The Morgan fingerprint density at radius 3 is 2.12 bits per heavy atom. The van der Waals surface area contributed by atoms with Gasteiger partial charge in [0.25, 0.3) is 10.0 Å². The normalized spacial score (nSPS) is 13.8. The molecule has 1 heterocycles. The van der Waals surface area contributed by atoms with E-state index in [0.717, 1.165) is 24.4 Å². The molecule has 3 aromatic rings. The predicted molar refractivity (Wildman–Crippen MR) is 120 cm³/mol.